The van der Waals surface area contributed by atoms with Crippen molar-refractivity contribution in [3.8, 4) is 11.5 Å². The number of aromatic amines is 1. The fourth-order valence-corrected chi connectivity index (χ4v) is 1.48. The molecule has 2 rings (SSSR count). The predicted octanol–water partition coefficient (Wildman–Crippen LogP) is 2.14. The standard InChI is InChI=1S/C10H11NO2/c1-2-8-10(13)7-5-6(12)3-4-9(7)11-8/h3-5,11-13H,2H2,1H3. The number of phenols is 1. The Balaban J connectivity index is 2.77. The number of benzene rings is 1. The number of aryl methyl sites for hydroxylation is 1. The first-order valence-electron chi connectivity index (χ1n) is 4.25. The first kappa shape index (κ1) is 7.98. The van der Waals surface area contributed by atoms with E-state index in [2.05, 4.69) is 4.98 Å². The highest BCUT2D eigenvalue weighted by molar-refractivity contribution is 5.88. The zero-order chi connectivity index (χ0) is 9.42. The van der Waals surface area contributed by atoms with Crippen LogP contribution in [0.1, 0.15) is 12.6 Å². The van der Waals surface area contributed by atoms with Gasteiger partial charge < -0.3 is 15.2 Å². The molecule has 0 bridgehead atoms. The van der Waals surface area contributed by atoms with E-state index in [0.29, 0.717) is 5.39 Å². The number of hydrogen-bond donors (Lipinski definition) is 3. The number of H-pyrrole nitrogens is 1. The van der Waals surface area contributed by atoms with Gasteiger partial charge in [-0.1, -0.05) is 6.92 Å². The number of phenolic OH excluding ortho intramolecular Hbond substituents is 1. The van der Waals surface area contributed by atoms with E-state index < -0.39 is 0 Å². The van der Waals surface area contributed by atoms with E-state index in [1.54, 1.807) is 18.2 Å². The van der Waals surface area contributed by atoms with Gasteiger partial charge in [0.2, 0.25) is 0 Å². The molecule has 3 N–H and O–H groups in total. The first-order chi connectivity index (χ1) is 6.22. The van der Waals surface area contributed by atoms with Gasteiger partial charge >= 0.3 is 0 Å². The van der Waals surface area contributed by atoms with Crippen molar-refractivity contribution in [2.45, 2.75) is 13.3 Å². The Kier molecular flexibility index (Phi) is 1.65. The van der Waals surface area contributed by atoms with E-state index in [-0.39, 0.29) is 11.5 Å². The molecular weight excluding hydrogens is 166 g/mol. The monoisotopic (exact) mass is 177 g/mol. The average Bonchev–Trinajstić information content (AvgIpc) is 2.44. The minimum Gasteiger partial charge on any atom is -0.508 e. The van der Waals surface area contributed by atoms with Crippen LogP contribution in [0.3, 0.4) is 0 Å². The van der Waals surface area contributed by atoms with Crippen LogP contribution >= 0.6 is 0 Å². The number of hydrogen-bond acceptors (Lipinski definition) is 2. The second-order valence-electron chi connectivity index (χ2n) is 3.04. The molecule has 0 saturated carbocycles. The molecule has 0 aliphatic rings. The zero-order valence-electron chi connectivity index (χ0n) is 7.33. The molecule has 0 unspecified atom stereocenters. The van der Waals surface area contributed by atoms with Crippen LogP contribution in [-0.2, 0) is 6.42 Å². The highest BCUT2D eigenvalue weighted by Crippen LogP contribution is 2.31. The summed E-state index contributed by atoms with van der Waals surface area (Å²) in [6.07, 6.45) is 0.751. The van der Waals surface area contributed by atoms with Gasteiger partial charge in [0, 0.05) is 10.9 Å². The summed E-state index contributed by atoms with van der Waals surface area (Å²) in [5.74, 6) is 0.415. The first-order valence-corrected chi connectivity index (χ1v) is 4.25. The van der Waals surface area contributed by atoms with Crippen molar-refractivity contribution in [1.29, 1.82) is 0 Å². The van der Waals surface area contributed by atoms with Crippen molar-refractivity contribution in [1.82, 2.24) is 4.98 Å². The van der Waals surface area contributed by atoms with Crippen molar-refractivity contribution in [3.05, 3.63) is 23.9 Å². The third kappa shape index (κ3) is 1.13. The van der Waals surface area contributed by atoms with E-state index >= 15 is 0 Å². The highest BCUT2D eigenvalue weighted by Gasteiger charge is 2.08. The van der Waals surface area contributed by atoms with Crippen molar-refractivity contribution >= 4 is 10.9 Å². The van der Waals surface area contributed by atoms with E-state index in [0.717, 1.165) is 17.6 Å². The second-order valence-corrected chi connectivity index (χ2v) is 3.04. The number of nitrogens with one attached hydrogen (secondary N) is 1. The van der Waals surface area contributed by atoms with Gasteiger partial charge in [0.1, 0.15) is 11.5 Å². The van der Waals surface area contributed by atoms with Crippen LogP contribution in [-0.4, -0.2) is 15.2 Å². The maximum Gasteiger partial charge on any atom is 0.144 e. The Bertz CT molecular complexity index is 445. The van der Waals surface area contributed by atoms with Crippen LogP contribution in [0.15, 0.2) is 18.2 Å². The molecule has 0 aliphatic carbocycles. The van der Waals surface area contributed by atoms with Gasteiger partial charge in [0.15, 0.2) is 0 Å². The molecule has 13 heavy (non-hydrogen) atoms. The molecule has 0 aliphatic heterocycles. The average molecular weight is 177 g/mol. The number of aromatic nitrogens is 1. The van der Waals surface area contributed by atoms with Crippen LogP contribution in [0.5, 0.6) is 11.5 Å². The third-order valence-electron chi connectivity index (χ3n) is 2.18. The summed E-state index contributed by atoms with van der Waals surface area (Å²) in [6, 6.07) is 4.90. The largest absolute Gasteiger partial charge is 0.508 e. The maximum absolute atomic E-state index is 9.67. The van der Waals surface area contributed by atoms with Gasteiger partial charge in [-0.25, -0.2) is 0 Å². The van der Waals surface area contributed by atoms with Crippen molar-refractivity contribution in [2.75, 3.05) is 0 Å². The molecule has 3 nitrogen and oxygen atoms in total. The van der Waals surface area contributed by atoms with Crippen LogP contribution in [0, 0.1) is 0 Å². The van der Waals surface area contributed by atoms with Gasteiger partial charge in [-0.05, 0) is 24.6 Å². The van der Waals surface area contributed by atoms with Crippen molar-refractivity contribution < 1.29 is 10.2 Å². The normalized spacial score (nSPS) is 10.8. The van der Waals surface area contributed by atoms with Gasteiger partial charge in [0.05, 0.1) is 5.69 Å². The lowest BCUT2D eigenvalue weighted by Gasteiger charge is -1.92. The summed E-state index contributed by atoms with van der Waals surface area (Å²) < 4.78 is 0. The number of fused-ring (bicyclic) bond motifs is 1. The Morgan fingerprint density at radius 2 is 2.08 bits per heavy atom. The van der Waals surface area contributed by atoms with Gasteiger partial charge in [-0.3, -0.25) is 0 Å². The fourth-order valence-electron chi connectivity index (χ4n) is 1.48. The number of rotatable bonds is 1. The molecule has 1 aromatic carbocycles. The highest BCUT2D eigenvalue weighted by atomic mass is 16.3. The summed E-state index contributed by atoms with van der Waals surface area (Å²) in [7, 11) is 0. The van der Waals surface area contributed by atoms with E-state index in [4.69, 9.17) is 0 Å². The minimum atomic E-state index is 0.171. The topological polar surface area (TPSA) is 56.2 Å². The Labute approximate surface area is 75.6 Å². The number of aromatic hydroxyl groups is 2. The molecule has 0 fully saturated rings. The molecule has 0 amide bonds. The zero-order valence-corrected chi connectivity index (χ0v) is 7.33. The lowest BCUT2D eigenvalue weighted by molar-refractivity contribution is 0.469. The van der Waals surface area contributed by atoms with Crippen LogP contribution in [0.25, 0.3) is 10.9 Å². The molecule has 0 atom stereocenters. The lowest BCUT2D eigenvalue weighted by Crippen LogP contribution is -1.77. The van der Waals surface area contributed by atoms with Gasteiger partial charge in [0.25, 0.3) is 0 Å². The third-order valence-corrected chi connectivity index (χ3v) is 2.18. The van der Waals surface area contributed by atoms with E-state index in [1.807, 2.05) is 6.92 Å². The van der Waals surface area contributed by atoms with Crippen LogP contribution < -0.4 is 0 Å². The van der Waals surface area contributed by atoms with E-state index in [1.165, 1.54) is 0 Å². The molecule has 0 spiro atoms. The van der Waals surface area contributed by atoms with Gasteiger partial charge in [-0.2, -0.15) is 0 Å². The summed E-state index contributed by atoms with van der Waals surface area (Å²) in [5, 5.41) is 19.6. The van der Waals surface area contributed by atoms with Crippen LogP contribution in [0.2, 0.25) is 0 Å². The van der Waals surface area contributed by atoms with Crippen LogP contribution in [0.4, 0.5) is 0 Å². The molecular formula is C10H11NO2. The lowest BCUT2D eigenvalue weighted by atomic mass is 10.2. The molecule has 2 aromatic rings. The molecule has 0 saturated heterocycles. The quantitative estimate of drug-likeness (QED) is 0.625. The Hall–Kier alpha value is -1.64. The Morgan fingerprint density at radius 1 is 1.31 bits per heavy atom. The molecule has 68 valence electrons. The summed E-state index contributed by atoms with van der Waals surface area (Å²) in [4.78, 5) is 3.08. The van der Waals surface area contributed by atoms with Crippen molar-refractivity contribution in [3.63, 3.8) is 0 Å². The maximum atomic E-state index is 9.67. The van der Waals surface area contributed by atoms with Gasteiger partial charge in [-0.15, -0.1) is 0 Å². The van der Waals surface area contributed by atoms with E-state index in [9.17, 15) is 10.2 Å². The smallest absolute Gasteiger partial charge is 0.144 e. The Morgan fingerprint density at radius 3 is 2.77 bits per heavy atom. The van der Waals surface area contributed by atoms with Crippen molar-refractivity contribution in [2.24, 2.45) is 0 Å². The molecule has 3 heteroatoms. The fraction of sp³-hybridized carbons (Fsp3) is 0.200. The summed E-state index contributed by atoms with van der Waals surface area (Å²) in [6.45, 7) is 1.96. The predicted molar refractivity (Wildman–Crippen MR) is 51.0 cm³/mol. The second kappa shape index (κ2) is 2.69. The molecule has 0 radical (unpaired) electrons. The molecule has 1 heterocycles. The minimum absolute atomic E-state index is 0.171. The molecule has 1 aromatic heterocycles. The SMILES string of the molecule is CCc1[nH]c2ccc(O)cc2c1O. The summed E-state index contributed by atoms with van der Waals surface area (Å²) >= 11 is 0. The summed E-state index contributed by atoms with van der Waals surface area (Å²) in [5.41, 5.74) is 1.66.